The van der Waals surface area contributed by atoms with E-state index in [1.54, 1.807) is 29.4 Å². The number of aromatic carboxylic acids is 1. The number of nitrogens with zero attached hydrogens (tertiary/aromatic N) is 1. The van der Waals surface area contributed by atoms with Gasteiger partial charge in [-0.15, -0.1) is 11.3 Å². The molecule has 21 heavy (non-hydrogen) atoms. The lowest BCUT2D eigenvalue weighted by molar-refractivity contribution is 0.0697. The largest absolute Gasteiger partial charge is 0.478 e. The number of carboxylic acid groups (broad SMARTS) is 1. The van der Waals surface area contributed by atoms with Gasteiger partial charge in [-0.05, 0) is 36.1 Å². The number of hydrogen-bond acceptors (Lipinski definition) is 3. The highest BCUT2D eigenvalue weighted by molar-refractivity contribution is 7.09. The van der Waals surface area contributed by atoms with Crippen LogP contribution in [-0.4, -0.2) is 29.1 Å². The summed E-state index contributed by atoms with van der Waals surface area (Å²) in [6.07, 6.45) is 0. The van der Waals surface area contributed by atoms with Crippen molar-refractivity contribution in [3.05, 3.63) is 51.7 Å². The summed E-state index contributed by atoms with van der Waals surface area (Å²) in [6, 6.07) is 8.29. The average Bonchev–Trinajstić information content (AvgIpc) is 2.93. The predicted octanol–water partition coefficient (Wildman–Crippen LogP) is 3.42. The number of amides is 2. The van der Waals surface area contributed by atoms with E-state index < -0.39 is 5.97 Å². The molecule has 0 aliphatic heterocycles. The van der Waals surface area contributed by atoms with Crippen LogP contribution < -0.4 is 5.32 Å². The number of nitrogens with one attached hydrogen (secondary N) is 1. The van der Waals surface area contributed by atoms with Crippen molar-refractivity contribution in [1.82, 2.24) is 4.90 Å². The molecule has 0 aliphatic carbocycles. The molecule has 0 radical (unpaired) electrons. The first-order valence-corrected chi connectivity index (χ1v) is 7.24. The molecular formula is C15H16N2O3S. The number of thiophene rings is 1. The molecular weight excluding hydrogens is 288 g/mol. The summed E-state index contributed by atoms with van der Waals surface area (Å²) in [5, 5.41) is 13.7. The van der Waals surface area contributed by atoms with Crippen LogP contribution >= 0.6 is 11.3 Å². The third-order valence-electron chi connectivity index (χ3n) is 3.05. The van der Waals surface area contributed by atoms with Gasteiger partial charge in [0.25, 0.3) is 0 Å². The van der Waals surface area contributed by atoms with Crippen molar-refractivity contribution < 1.29 is 14.7 Å². The van der Waals surface area contributed by atoms with Gasteiger partial charge in [0.2, 0.25) is 0 Å². The van der Waals surface area contributed by atoms with Crippen LogP contribution in [0.3, 0.4) is 0 Å². The summed E-state index contributed by atoms with van der Waals surface area (Å²) >= 11 is 1.59. The Kier molecular flexibility index (Phi) is 4.59. The maximum atomic E-state index is 12.1. The number of anilines is 1. The molecule has 0 unspecified atom stereocenters. The molecule has 1 aromatic carbocycles. The standard InChI is InChI=1S/C15H16N2O3S/c1-10-5-6-11(14(18)19)8-13(10)16-15(20)17(2)9-12-4-3-7-21-12/h3-8H,9H2,1-2H3,(H,16,20)(H,18,19). The van der Waals surface area contributed by atoms with Crippen LogP contribution in [-0.2, 0) is 6.54 Å². The number of carboxylic acids is 1. The minimum atomic E-state index is -1.02. The zero-order chi connectivity index (χ0) is 15.4. The monoisotopic (exact) mass is 304 g/mol. The molecule has 0 saturated carbocycles. The van der Waals surface area contributed by atoms with Crippen molar-refractivity contribution in [3.63, 3.8) is 0 Å². The molecule has 0 spiro atoms. The van der Waals surface area contributed by atoms with Crippen LogP contribution in [0.1, 0.15) is 20.8 Å². The highest BCUT2D eigenvalue weighted by Crippen LogP contribution is 2.18. The van der Waals surface area contributed by atoms with E-state index in [0.29, 0.717) is 12.2 Å². The summed E-state index contributed by atoms with van der Waals surface area (Å²) in [4.78, 5) is 25.8. The summed E-state index contributed by atoms with van der Waals surface area (Å²) in [5.41, 5.74) is 1.48. The molecule has 0 bridgehead atoms. The SMILES string of the molecule is Cc1ccc(C(=O)O)cc1NC(=O)N(C)Cc1cccs1. The quantitative estimate of drug-likeness (QED) is 0.909. The van der Waals surface area contributed by atoms with Crippen LogP contribution in [0, 0.1) is 6.92 Å². The number of rotatable bonds is 4. The van der Waals surface area contributed by atoms with Crippen molar-refractivity contribution in [1.29, 1.82) is 0 Å². The highest BCUT2D eigenvalue weighted by Gasteiger charge is 2.13. The fraction of sp³-hybridized carbons (Fsp3) is 0.200. The van der Waals surface area contributed by atoms with Crippen molar-refractivity contribution in [2.75, 3.05) is 12.4 Å². The molecule has 0 atom stereocenters. The Morgan fingerprint density at radius 3 is 2.71 bits per heavy atom. The fourth-order valence-electron chi connectivity index (χ4n) is 1.81. The lowest BCUT2D eigenvalue weighted by Gasteiger charge is -2.18. The summed E-state index contributed by atoms with van der Waals surface area (Å²) in [7, 11) is 1.70. The van der Waals surface area contributed by atoms with Gasteiger partial charge in [-0.1, -0.05) is 12.1 Å². The number of urea groups is 1. The Morgan fingerprint density at radius 1 is 1.33 bits per heavy atom. The van der Waals surface area contributed by atoms with Crippen LogP contribution in [0.4, 0.5) is 10.5 Å². The van der Waals surface area contributed by atoms with Gasteiger partial charge in [-0.3, -0.25) is 0 Å². The van der Waals surface area contributed by atoms with Crippen LogP contribution in [0.25, 0.3) is 0 Å². The topological polar surface area (TPSA) is 69.6 Å². The number of carbonyl (C=O) groups is 2. The van der Waals surface area contributed by atoms with E-state index in [4.69, 9.17) is 5.11 Å². The van der Waals surface area contributed by atoms with Gasteiger partial charge in [0.1, 0.15) is 0 Å². The van der Waals surface area contributed by atoms with Gasteiger partial charge in [-0.2, -0.15) is 0 Å². The van der Waals surface area contributed by atoms with Crippen LogP contribution in [0.2, 0.25) is 0 Å². The normalized spacial score (nSPS) is 10.2. The Morgan fingerprint density at radius 2 is 2.10 bits per heavy atom. The van der Waals surface area contributed by atoms with E-state index in [9.17, 15) is 9.59 Å². The zero-order valence-corrected chi connectivity index (χ0v) is 12.6. The highest BCUT2D eigenvalue weighted by atomic mass is 32.1. The lowest BCUT2D eigenvalue weighted by atomic mass is 10.1. The summed E-state index contributed by atoms with van der Waals surface area (Å²) < 4.78 is 0. The second-order valence-electron chi connectivity index (χ2n) is 4.70. The van der Waals surface area contributed by atoms with Crippen molar-refractivity contribution in [2.24, 2.45) is 0 Å². The molecule has 5 nitrogen and oxygen atoms in total. The molecule has 0 aliphatic rings. The third kappa shape index (κ3) is 3.82. The van der Waals surface area contributed by atoms with Gasteiger partial charge < -0.3 is 15.3 Å². The molecule has 2 aromatic rings. The number of benzene rings is 1. The fourth-order valence-corrected chi connectivity index (χ4v) is 2.57. The predicted molar refractivity (Wildman–Crippen MR) is 82.9 cm³/mol. The van der Waals surface area contributed by atoms with E-state index >= 15 is 0 Å². The molecule has 0 fully saturated rings. The molecule has 0 saturated heterocycles. The van der Waals surface area contributed by atoms with E-state index in [1.165, 1.54) is 12.1 Å². The number of aryl methyl sites for hydroxylation is 1. The minimum Gasteiger partial charge on any atom is -0.478 e. The van der Waals surface area contributed by atoms with Gasteiger partial charge in [0.15, 0.2) is 0 Å². The first-order valence-electron chi connectivity index (χ1n) is 6.36. The summed E-state index contributed by atoms with van der Waals surface area (Å²) in [5.74, 6) is -1.02. The molecule has 1 heterocycles. The smallest absolute Gasteiger partial charge is 0.335 e. The Labute approximate surface area is 126 Å². The molecule has 110 valence electrons. The second kappa shape index (κ2) is 6.41. The van der Waals surface area contributed by atoms with Crippen molar-refractivity contribution in [3.8, 4) is 0 Å². The average molecular weight is 304 g/mol. The molecule has 2 rings (SSSR count). The van der Waals surface area contributed by atoms with E-state index in [1.807, 2.05) is 24.4 Å². The first-order chi connectivity index (χ1) is 9.97. The lowest BCUT2D eigenvalue weighted by Crippen LogP contribution is -2.30. The third-order valence-corrected chi connectivity index (χ3v) is 3.91. The van der Waals surface area contributed by atoms with E-state index in [-0.39, 0.29) is 11.6 Å². The zero-order valence-electron chi connectivity index (χ0n) is 11.8. The second-order valence-corrected chi connectivity index (χ2v) is 5.73. The molecule has 6 heteroatoms. The van der Waals surface area contributed by atoms with Crippen LogP contribution in [0.5, 0.6) is 0 Å². The number of carbonyl (C=O) groups excluding carboxylic acids is 1. The van der Waals surface area contributed by atoms with Gasteiger partial charge >= 0.3 is 12.0 Å². The minimum absolute atomic E-state index is 0.150. The van der Waals surface area contributed by atoms with Gasteiger partial charge in [-0.25, -0.2) is 9.59 Å². The van der Waals surface area contributed by atoms with Gasteiger partial charge in [0, 0.05) is 17.6 Å². The summed E-state index contributed by atoms with van der Waals surface area (Å²) in [6.45, 7) is 2.34. The molecule has 1 aromatic heterocycles. The maximum Gasteiger partial charge on any atom is 0.335 e. The molecule has 2 N–H and O–H groups in total. The Balaban J connectivity index is 2.08. The van der Waals surface area contributed by atoms with E-state index in [2.05, 4.69) is 5.32 Å². The van der Waals surface area contributed by atoms with Gasteiger partial charge in [0.05, 0.1) is 12.1 Å². The molecule has 2 amide bonds. The Hall–Kier alpha value is -2.34. The van der Waals surface area contributed by atoms with E-state index in [0.717, 1.165) is 10.4 Å². The first kappa shape index (κ1) is 15.1. The Bertz CT molecular complexity index is 653. The number of hydrogen-bond donors (Lipinski definition) is 2. The maximum absolute atomic E-state index is 12.1. The van der Waals surface area contributed by atoms with Crippen LogP contribution in [0.15, 0.2) is 35.7 Å². The van der Waals surface area contributed by atoms with Crippen molar-refractivity contribution in [2.45, 2.75) is 13.5 Å². The van der Waals surface area contributed by atoms with Crippen molar-refractivity contribution >= 4 is 29.0 Å².